The molecular weight excluding hydrogens is 522 g/mol. The first-order chi connectivity index (χ1) is 19.5. The molecule has 2 rings (SSSR count). The van der Waals surface area contributed by atoms with Gasteiger partial charge in [0.1, 0.15) is 0 Å². The molecule has 9 heteroatoms. The second-order valence-corrected chi connectivity index (χ2v) is 11.9. The molecule has 0 bridgehead atoms. The Bertz CT molecular complexity index is 955. The fourth-order valence-corrected chi connectivity index (χ4v) is 4.69. The number of isocyanates is 1. The van der Waals surface area contributed by atoms with Gasteiger partial charge in [-0.25, -0.2) is 19.4 Å². The quantitative estimate of drug-likeness (QED) is 0.140. The van der Waals surface area contributed by atoms with Gasteiger partial charge in [0.25, 0.3) is 0 Å². The molecule has 1 aromatic rings. The van der Waals surface area contributed by atoms with Gasteiger partial charge in [0, 0.05) is 19.6 Å². The fourth-order valence-electron chi connectivity index (χ4n) is 4.69. The average molecular weight is 576 g/mol. The Kier molecular flexibility index (Phi) is 17.9. The summed E-state index contributed by atoms with van der Waals surface area (Å²) >= 11 is 0. The number of carboxylic acids is 1. The van der Waals surface area contributed by atoms with Gasteiger partial charge in [-0.15, -0.1) is 0 Å². The highest BCUT2D eigenvalue weighted by molar-refractivity contribution is 5.91. The minimum Gasteiger partial charge on any atom is -0.478 e. The monoisotopic (exact) mass is 575 g/mol. The van der Waals surface area contributed by atoms with E-state index < -0.39 is 5.97 Å². The van der Waals surface area contributed by atoms with Crippen molar-refractivity contribution in [2.45, 2.75) is 112 Å². The number of nitrogens with zero attached hydrogens (tertiary/aromatic N) is 2. The van der Waals surface area contributed by atoms with Gasteiger partial charge in [0.15, 0.2) is 0 Å². The Balaban J connectivity index is 0.00000106. The SMILES string of the molecule is CCCCN=C=O.CCCCNC(=O)N(CCOC1CCCC(OCc2cccc(C)c2C(=O)O)C1)CC(C)(C)C. The summed E-state index contributed by atoms with van der Waals surface area (Å²) in [5.41, 5.74) is 1.80. The molecule has 2 N–H and O–H groups in total. The lowest BCUT2D eigenvalue weighted by Gasteiger charge is -2.32. The maximum atomic E-state index is 12.6. The van der Waals surface area contributed by atoms with Crippen LogP contribution in [0.2, 0.25) is 0 Å². The molecule has 1 aliphatic carbocycles. The van der Waals surface area contributed by atoms with E-state index >= 15 is 0 Å². The van der Waals surface area contributed by atoms with Gasteiger partial charge < -0.3 is 24.8 Å². The number of aryl methyl sites for hydroxylation is 1. The number of unbranched alkanes of at least 4 members (excludes halogenated alkanes) is 2. The number of ether oxygens (including phenoxy) is 2. The molecule has 2 atom stereocenters. The Hall–Kier alpha value is -2.74. The van der Waals surface area contributed by atoms with Gasteiger partial charge in [-0.05, 0) is 62.0 Å². The summed E-state index contributed by atoms with van der Waals surface area (Å²) < 4.78 is 12.3. The van der Waals surface area contributed by atoms with Crippen LogP contribution < -0.4 is 5.32 Å². The van der Waals surface area contributed by atoms with E-state index in [-0.39, 0.29) is 30.3 Å². The lowest BCUT2D eigenvalue weighted by atomic mass is 9.94. The number of benzene rings is 1. The topological polar surface area (TPSA) is 118 Å². The first-order valence-corrected chi connectivity index (χ1v) is 15.1. The van der Waals surface area contributed by atoms with Gasteiger partial charge in [0.05, 0.1) is 37.5 Å². The zero-order valence-electron chi connectivity index (χ0n) is 26.2. The van der Waals surface area contributed by atoms with Crippen LogP contribution in [0.3, 0.4) is 0 Å². The molecule has 2 amide bonds. The highest BCUT2D eigenvalue weighted by Gasteiger charge is 2.25. The Morgan fingerprint density at radius 1 is 1.12 bits per heavy atom. The van der Waals surface area contributed by atoms with E-state index in [0.29, 0.717) is 43.9 Å². The number of carboxylic acid groups (broad SMARTS) is 1. The number of hydrogen-bond donors (Lipinski definition) is 2. The Labute approximate surface area is 247 Å². The summed E-state index contributed by atoms with van der Waals surface area (Å²) in [4.78, 5) is 38.9. The van der Waals surface area contributed by atoms with Crippen LogP contribution in [0.25, 0.3) is 0 Å². The van der Waals surface area contributed by atoms with Gasteiger partial charge in [0.2, 0.25) is 6.08 Å². The third-order valence-electron chi connectivity index (χ3n) is 6.79. The van der Waals surface area contributed by atoms with Gasteiger partial charge in [-0.1, -0.05) is 65.7 Å². The normalized spacial score (nSPS) is 16.6. The van der Waals surface area contributed by atoms with E-state index in [0.717, 1.165) is 56.9 Å². The van der Waals surface area contributed by atoms with Gasteiger partial charge in [-0.2, -0.15) is 0 Å². The summed E-state index contributed by atoms with van der Waals surface area (Å²) in [5.74, 6) is -0.917. The number of carbonyl (C=O) groups excluding carboxylic acids is 2. The summed E-state index contributed by atoms with van der Waals surface area (Å²) in [6.45, 7) is 15.7. The highest BCUT2D eigenvalue weighted by Crippen LogP contribution is 2.26. The molecule has 9 nitrogen and oxygen atoms in total. The first kappa shape index (κ1) is 36.3. The molecule has 0 radical (unpaired) electrons. The van der Waals surface area contributed by atoms with Crippen LogP contribution in [0.1, 0.15) is 107 Å². The molecule has 1 saturated carbocycles. The van der Waals surface area contributed by atoms with Crippen molar-refractivity contribution in [1.82, 2.24) is 10.2 Å². The minimum absolute atomic E-state index is 0.0104. The first-order valence-electron chi connectivity index (χ1n) is 15.1. The third kappa shape index (κ3) is 15.7. The number of urea groups is 1. The Morgan fingerprint density at radius 2 is 1.80 bits per heavy atom. The number of aliphatic imine (C=N–C) groups is 1. The van der Waals surface area contributed by atoms with E-state index in [9.17, 15) is 19.5 Å². The molecule has 1 aliphatic rings. The van der Waals surface area contributed by atoms with Crippen molar-refractivity contribution in [1.29, 1.82) is 0 Å². The third-order valence-corrected chi connectivity index (χ3v) is 6.79. The number of amides is 2. The van der Waals surface area contributed by atoms with E-state index in [1.54, 1.807) is 0 Å². The van der Waals surface area contributed by atoms with Gasteiger partial charge in [-0.3, -0.25) is 0 Å². The zero-order chi connectivity index (χ0) is 30.7. The molecular formula is C32H53N3O6. The smallest absolute Gasteiger partial charge is 0.336 e. The molecule has 41 heavy (non-hydrogen) atoms. The fraction of sp³-hybridized carbons (Fsp3) is 0.719. The van der Waals surface area contributed by atoms with Crippen LogP contribution in [0, 0.1) is 12.3 Å². The summed E-state index contributed by atoms with van der Waals surface area (Å²) in [7, 11) is 0. The predicted molar refractivity (Wildman–Crippen MR) is 162 cm³/mol. The molecule has 1 aromatic carbocycles. The van der Waals surface area contributed by atoms with Crippen LogP contribution >= 0.6 is 0 Å². The van der Waals surface area contributed by atoms with Crippen LogP contribution in [0.4, 0.5) is 4.79 Å². The molecule has 0 aromatic heterocycles. The second kappa shape index (κ2) is 20.2. The highest BCUT2D eigenvalue weighted by atomic mass is 16.5. The standard InChI is InChI=1S/C27H44N2O5.C5H9NO/c1-6-7-14-28-26(32)29(19-27(3,4)5)15-16-33-22-12-9-13-23(17-22)34-18-21-11-8-10-20(2)24(21)25(30)31;1-2-3-4-6-5-7/h8,10-11,22-23H,6-7,9,12-19H2,1-5H3,(H,28,32)(H,30,31);2-4H2,1H3. The summed E-state index contributed by atoms with van der Waals surface area (Å²) in [6.07, 6.45) is 9.45. The number of carbonyl (C=O) groups is 2. The molecule has 0 heterocycles. The maximum absolute atomic E-state index is 12.6. The molecule has 1 fully saturated rings. The second-order valence-electron chi connectivity index (χ2n) is 11.9. The van der Waals surface area contributed by atoms with Crippen molar-refractivity contribution >= 4 is 18.1 Å². The number of rotatable bonds is 15. The summed E-state index contributed by atoms with van der Waals surface area (Å²) in [5, 5.41) is 12.5. The van der Waals surface area contributed by atoms with Gasteiger partial charge >= 0.3 is 12.0 Å². The average Bonchev–Trinajstić information content (AvgIpc) is 2.91. The van der Waals surface area contributed by atoms with Crippen molar-refractivity contribution in [2.75, 3.05) is 32.8 Å². The lowest BCUT2D eigenvalue weighted by molar-refractivity contribution is -0.0529. The largest absolute Gasteiger partial charge is 0.478 e. The summed E-state index contributed by atoms with van der Waals surface area (Å²) in [6, 6.07) is 5.48. The molecule has 232 valence electrons. The predicted octanol–water partition coefficient (Wildman–Crippen LogP) is 6.52. The lowest BCUT2D eigenvalue weighted by Crippen LogP contribution is -2.46. The van der Waals surface area contributed by atoms with E-state index in [4.69, 9.17) is 9.47 Å². The van der Waals surface area contributed by atoms with Crippen LogP contribution in [-0.2, 0) is 20.9 Å². The minimum atomic E-state index is -0.917. The van der Waals surface area contributed by atoms with Crippen molar-refractivity contribution in [3.8, 4) is 0 Å². The number of hydrogen-bond acceptors (Lipinski definition) is 6. The zero-order valence-corrected chi connectivity index (χ0v) is 26.2. The van der Waals surface area contributed by atoms with E-state index in [1.807, 2.05) is 30.0 Å². The molecule has 2 unspecified atom stereocenters. The van der Waals surface area contributed by atoms with Crippen LogP contribution in [0.15, 0.2) is 23.2 Å². The van der Waals surface area contributed by atoms with Crippen LogP contribution in [0.5, 0.6) is 0 Å². The van der Waals surface area contributed by atoms with E-state index in [1.165, 1.54) is 6.08 Å². The van der Waals surface area contributed by atoms with Crippen LogP contribution in [-0.4, -0.2) is 73.1 Å². The maximum Gasteiger partial charge on any atom is 0.336 e. The number of nitrogens with one attached hydrogen (secondary N) is 1. The van der Waals surface area contributed by atoms with Crippen molar-refractivity contribution < 1.29 is 29.0 Å². The molecule has 0 spiro atoms. The molecule has 0 saturated heterocycles. The van der Waals surface area contributed by atoms with Crippen molar-refractivity contribution in [3.63, 3.8) is 0 Å². The Morgan fingerprint density at radius 3 is 2.41 bits per heavy atom. The van der Waals surface area contributed by atoms with E-state index in [2.05, 4.69) is 44.9 Å². The molecule has 0 aliphatic heterocycles. The number of aromatic carboxylic acids is 1. The van der Waals surface area contributed by atoms with Crippen molar-refractivity contribution in [2.24, 2.45) is 10.4 Å². The van der Waals surface area contributed by atoms with Crippen molar-refractivity contribution in [3.05, 3.63) is 34.9 Å².